The van der Waals surface area contributed by atoms with Gasteiger partial charge in [-0.1, -0.05) is 49.7 Å². The van der Waals surface area contributed by atoms with E-state index in [1.54, 1.807) is 0 Å². The highest BCUT2D eigenvalue weighted by Gasteiger charge is 2.08. The standard InChI is InChI=1S/C13H14O2S/c1-2-5-11-9-8-10-6-3-4-7-12(10)13(11)16(14)15/h3-4,6-9,16H,2,5H2,1H3. The molecule has 0 atom stereocenters. The van der Waals surface area contributed by atoms with Crippen LogP contribution in [0.25, 0.3) is 10.8 Å². The van der Waals surface area contributed by atoms with Gasteiger partial charge in [-0.3, -0.25) is 0 Å². The van der Waals surface area contributed by atoms with Crippen LogP contribution >= 0.6 is 0 Å². The molecule has 0 aliphatic rings. The number of rotatable bonds is 3. The summed E-state index contributed by atoms with van der Waals surface area (Å²) in [5.41, 5.74) is 0.928. The van der Waals surface area contributed by atoms with Crippen molar-refractivity contribution in [3.8, 4) is 0 Å². The number of hydrogen-bond donors (Lipinski definition) is 1. The Morgan fingerprint density at radius 1 is 1.06 bits per heavy atom. The Morgan fingerprint density at radius 3 is 2.50 bits per heavy atom. The van der Waals surface area contributed by atoms with Crippen molar-refractivity contribution in [2.24, 2.45) is 0 Å². The monoisotopic (exact) mass is 234 g/mol. The average molecular weight is 234 g/mol. The van der Waals surface area contributed by atoms with Crippen molar-refractivity contribution in [1.29, 1.82) is 0 Å². The summed E-state index contributed by atoms with van der Waals surface area (Å²) in [7, 11) is -2.53. The summed E-state index contributed by atoms with van der Waals surface area (Å²) in [6.07, 6.45) is 1.76. The van der Waals surface area contributed by atoms with Crippen LogP contribution in [0.4, 0.5) is 0 Å². The fourth-order valence-corrected chi connectivity index (χ4v) is 2.81. The highest BCUT2D eigenvalue weighted by Crippen LogP contribution is 2.24. The Kier molecular flexibility index (Phi) is 3.25. The largest absolute Gasteiger partial charge is 0.227 e. The molecule has 0 radical (unpaired) electrons. The summed E-state index contributed by atoms with van der Waals surface area (Å²) in [5.74, 6) is 0. The molecule has 2 aromatic rings. The van der Waals surface area contributed by atoms with Crippen molar-refractivity contribution < 1.29 is 8.42 Å². The summed E-state index contributed by atoms with van der Waals surface area (Å²) >= 11 is 0. The molecule has 0 spiro atoms. The van der Waals surface area contributed by atoms with Gasteiger partial charge in [-0.05, 0) is 17.4 Å². The van der Waals surface area contributed by atoms with Gasteiger partial charge in [0.1, 0.15) is 0 Å². The third-order valence-electron chi connectivity index (χ3n) is 2.69. The Labute approximate surface area is 96.9 Å². The number of benzene rings is 2. The zero-order chi connectivity index (χ0) is 11.5. The second-order valence-electron chi connectivity index (χ2n) is 3.80. The van der Waals surface area contributed by atoms with Crippen LogP contribution in [0.5, 0.6) is 0 Å². The van der Waals surface area contributed by atoms with E-state index in [1.165, 1.54) is 0 Å². The van der Waals surface area contributed by atoms with Crippen molar-refractivity contribution in [1.82, 2.24) is 0 Å². The Balaban J connectivity index is 2.79. The lowest BCUT2D eigenvalue weighted by atomic mass is 10.0. The molecular formula is C13H14O2S. The summed E-state index contributed by atoms with van der Waals surface area (Å²) in [4.78, 5) is 0.495. The van der Waals surface area contributed by atoms with E-state index in [0.717, 1.165) is 29.2 Å². The second-order valence-corrected chi connectivity index (χ2v) is 4.76. The van der Waals surface area contributed by atoms with E-state index in [9.17, 15) is 8.42 Å². The van der Waals surface area contributed by atoms with Gasteiger partial charge in [0.15, 0.2) is 10.7 Å². The molecule has 0 bridgehead atoms. The molecule has 0 heterocycles. The molecule has 2 rings (SSSR count). The molecule has 3 heteroatoms. The summed E-state index contributed by atoms with van der Waals surface area (Å²) < 4.78 is 22.7. The summed E-state index contributed by atoms with van der Waals surface area (Å²) in [5, 5.41) is 1.82. The van der Waals surface area contributed by atoms with Gasteiger partial charge in [0, 0.05) is 5.39 Å². The smallest absolute Gasteiger partial charge is 0.169 e. The quantitative estimate of drug-likeness (QED) is 0.829. The molecule has 0 unspecified atom stereocenters. The topological polar surface area (TPSA) is 34.1 Å². The van der Waals surface area contributed by atoms with Crippen LogP contribution in [0.3, 0.4) is 0 Å². The first-order valence-electron chi connectivity index (χ1n) is 5.39. The van der Waals surface area contributed by atoms with Crippen molar-refractivity contribution in [2.75, 3.05) is 0 Å². The molecule has 0 fully saturated rings. The molecule has 84 valence electrons. The molecule has 0 saturated carbocycles. The number of hydrogen-bond acceptors (Lipinski definition) is 2. The third-order valence-corrected chi connectivity index (χ3v) is 3.58. The van der Waals surface area contributed by atoms with E-state index >= 15 is 0 Å². The zero-order valence-electron chi connectivity index (χ0n) is 9.14. The van der Waals surface area contributed by atoms with Gasteiger partial charge in [0.25, 0.3) is 0 Å². The number of thiol groups is 1. The molecule has 2 nitrogen and oxygen atoms in total. The first-order chi connectivity index (χ1) is 7.74. The predicted molar refractivity (Wildman–Crippen MR) is 66.5 cm³/mol. The number of aryl methyl sites for hydroxylation is 1. The number of fused-ring (bicyclic) bond motifs is 1. The van der Waals surface area contributed by atoms with Crippen molar-refractivity contribution >= 4 is 21.5 Å². The minimum atomic E-state index is -2.53. The third kappa shape index (κ3) is 1.95. The second kappa shape index (κ2) is 4.66. The van der Waals surface area contributed by atoms with Crippen molar-refractivity contribution in [2.45, 2.75) is 24.7 Å². The van der Waals surface area contributed by atoms with E-state index in [0.29, 0.717) is 4.90 Å². The van der Waals surface area contributed by atoms with Gasteiger partial charge in [-0.25, -0.2) is 8.42 Å². The summed E-state index contributed by atoms with van der Waals surface area (Å²) in [6.45, 7) is 2.05. The van der Waals surface area contributed by atoms with Gasteiger partial charge in [-0.2, -0.15) is 0 Å². The molecular weight excluding hydrogens is 220 g/mol. The molecule has 0 N–H and O–H groups in total. The minimum absolute atomic E-state index is 0.495. The van der Waals surface area contributed by atoms with Gasteiger partial charge < -0.3 is 0 Å². The van der Waals surface area contributed by atoms with Crippen LogP contribution < -0.4 is 0 Å². The van der Waals surface area contributed by atoms with E-state index in [-0.39, 0.29) is 0 Å². The maximum absolute atomic E-state index is 11.3. The summed E-state index contributed by atoms with van der Waals surface area (Å²) in [6, 6.07) is 11.5. The van der Waals surface area contributed by atoms with Crippen LogP contribution in [0, 0.1) is 0 Å². The molecule has 0 aliphatic carbocycles. The fourth-order valence-electron chi connectivity index (χ4n) is 1.99. The fraction of sp³-hybridized carbons (Fsp3) is 0.231. The molecule has 0 aliphatic heterocycles. The van der Waals surface area contributed by atoms with Gasteiger partial charge >= 0.3 is 0 Å². The first kappa shape index (κ1) is 11.1. The van der Waals surface area contributed by atoms with Gasteiger partial charge in [0.05, 0.1) is 4.90 Å². The van der Waals surface area contributed by atoms with Crippen LogP contribution in [-0.4, -0.2) is 8.42 Å². The molecule has 2 aromatic carbocycles. The normalized spacial score (nSPS) is 11.1. The molecule has 0 amide bonds. The Morgan fingerprint density at radius 2 is 1.81 bits per heavy atom. The van der Waals surface area contributed by atoms with E-state index in [1.807, 2.05) is 36.4 Å². The molecule has 0 aromatic heterocycles. The molecule has 0 saturated heterocycles. The van der Waals surface area contributed by atoms with E-state index in [2.05, 4.69) is 6.92 Å². The maximum Gasteiger partial charge on any atom is 0.169 e. The van der Waals surface area contributed by atoms with Gasteiger partial charge in [0.2, 0.25) is 0 Å². The first-order valence-corrected chi connectivity index (χ1v) is 6.56. The lowest BCUT2D eigenvalue weighted by Crippen LogP contribution is -1.93. The van der Waals surface area contributed by atoms with Gasteiger partial charge in [-0.15, -0.1) is 0 Å². The van der Waals surface area contributed by atoms with E-state index in [4.69, 9.17) is 0 Å². The van der Waals surface area contributed by atoms with Crippen LogP contribution in [0.1, 0.15) is 18.9 Å². The van der Waals surface area contributed by atoms with Crippen molar-refractivity contribution in [3.05, 3.63) is 42.0 Å². The Hall–Kier alpha value is -1.35. The van der Waals surface area contributed by atoms with E-state index < -0.39 is 10.7 Å². The lowest BCUT2D eigenvalue weighted by Gasteiger charge is -2.07. The highest BCUT2D eigenvalue weighted by atomic mass is 32.2. The van der Waals surface area contributed by atoms with Crippen LogP contribution in [-0.2, 0) is 17.1 Å². The van der Waals surface area contributed by atoms with Crippen molar-refractivity contribution in [3.63, 3.8) is 0 Å². The van der Waals surface area contributed by atoms with Crippen LogP contribution in [0.2, 0.25) is 0 Å². The lowest BCUT2D eigenvalue weighted by molar-refractivity contribution is 0.614. The highest BCUT2D eigenvalue weighted by molar-refractivity contribution is 7.72. The maximum atomic E-state index is 11.3. The average Bonchev–Trinajstić information content (AvgIpc) is 2.28. The predicted octanol–water partition coefficient (Wildman–Crippen LogP) is 2.76. The molecule has 16 heavy (non-hydrogen) atoms. The zero-order valence-corrected chi connectivity index (χ0v) is 10.0. The minimum Gasteiger partial charge on any atom is -0.227 e. The van der Waals surface area contributed by atoms with Crippen LogP contribution in [0.15, 0.2) is 41.3 Å². The SMILES string of the molecule is CCCc1ccc2ccccc2c1[SH](=O)=O. The Bertz CT molecular complexity index is 578.